The fraction of sp³-hybridized carbons (Fsp3) is 0.833. The Balaban J connectivity index is 2.63. The molecule has 1 aliphatic heterocycles. The van der Waals surface area contributed by atoms with Gasteiger partial charge >= 0.3 is 5.97 Å². The fourth-order valence-corrected chi connectivity index (χ4v) is 1.20. The van der Waals surface area contributed by atoms with Crippen molar-refractivity contribution in [3.63, 3.8) is 0 Å². The number of carboxylic acid groups (broad SMARTS) is 1. The standard InChI is InChI=1S/C6H12N2O2/c1-8-3-2-6(7,4-8)5(9)10/h2-4,7H2,1H3,(H,9,10). The normalized spacial score (nSPS) is 34.6. The topological polar surface area (TPSA) is 66.6 Å². The van der Waals surface area contributed by atoms with E-state index in [4.69, 9.17) is 10.8 Å². The van der Waals surface area contributed by atoms with Gasteiger partial charge in [-0.25, -0.2) is 0 Å². The van der Waals surface area contributed by atoms with Gasteiger partial charge in [-0.15, -0.1) is 0 Å². The molecule has 0 spiro atoms. The summed E-state index contributed by atoms with van der Waals surface area (Å²) in [5, 5.41) is 8.64. The zero-order chi connectivity index (χ0) is 7.78. The quantitative estimate of drug-likeness (QED) is 0.500. The van der Waals surface area contributed by atoms with Gasteiger partial charge < -0.3 is 15.7 Å². The molecule has 0 radical (unpaired) electrons. The molecule has 1 atom stereocenters. The Labute approximate surface area is 59.6 Å². The number of likely N-dealkylation sites (N-methyl/N-ethyl adjacent to an activating group) is 1. The van der Waals surface area contributed by atoms with E-state index in [-0.39, 0.29) is 0 Å². The van der Waals surface area contributed by atoms with E-state index < -0.39 is 11.5 Å². The second-order valence-electron chi connectivity index (χ2n) is 2.95. The van der Waals surface area contributed by atoms with Gasteiger partial charge in [0, 0.05) is 13.1 Å². The Morgan fingerprint density at radius 3 is 2.60 bits per heavy atom. The van der Waals surface area contributed by atoms with Gasteiger partial charge in [-0.2, -0.15) is 0 Å². The number of likely N-dealkylation sites (tertiary alicyclic amines) is 1. The van der Waals surface area contributed by atoms with Gasteiger partial charge in [0.2, 0.25) is 0 Å². The Morgan fingerprint density at radius 2 is 2.40 bits per heavy atom. The van der Waals surface area contributed by atoms with Crippen molar-refractivity contribution in [2.75, 3.05) is 20.1 Å². The number of hydrogen-bond donors (Lipinski definition) is 2. The lowest BCUT2D eigenvalue weighted by molar-refractivity contribution is -0.142. The van der Waals surface area contributed by atoms with E-state index in [2.05, 4.69) is 0 Å². The molecule has 58 valence electrons. The first kappa shape index (κ1) is 7.50. The van der Waals surface area contributed by atoms with E-state index in [1.807, 2.05) is 11.9 Å². The minimum absolute atomic E-state index is 0.461. The summed E-state index contributed by atoms with van der Waals surface area (Å²) in [5.74, 6) is -0.892. The van der Waals surface area contributed by atoms with E-state index in [0.29, 0.717) is 13.0 Å². The molecule has 1 unspecified atom stereocenters. The molecule has 1 rings (SSSR count). The summed E-state index contributed by atoms with van der Waals surface area (Å²) in [6.07, 6.45) is 0.554. The van der Waals surface area contributed by atoms with Crippen LogP contribution in [0.1, 0.15) is 6.42 Å². The molecule has 10 heavy (non-hydrogen) atoms. The van der Waals surface area contributed by atoms with Gasteiger partial charge in [0.25, 0.3) is 0 Å². The summed E-state index contributed by atoms with van der Waals surface area (Å²) >= 11 is 0. The van der Waals surface area contributed by atoms with Crippen LogP contribution in [-0.2, 0) is 4.79 Å². The number of rotatable bonds is 1. The van der Waals surface area contributed by atoms with Crippen molar-refractivity contribution in [3.05, 3.63) is 0 Å². The highest BCUT2D eigenvalue weighted by Crippen LogP contribution is 2.16. The predicted molar refractivity (Wildman–Crippen MR) is 36.7 cm³/mol. The number of carbonyl (C=O) groups is 1. The first-order valence-electron chi connectivity index (χ1n) is 3.25. The molecule has 4 heteroatoms. The molecule has 3 N–H and O–H groups in total. The van der Waals surface area contributed by atoms with Crippen LogP contribution in [0.5, 0.6) is 0 Å². The van der Waals surface area contributed by atoms with Crippen LogP contribution in [0, 0.1) is 0 Å². The largest absolute Gasteiger partial charge is 0.480 e. The molecule has 0 aromatic rings. The Hall–Kier alpha value is -0.610. The molecule has 1 saturated heterocycles. The summed E-state index contributed by atoms with van der Waals surface area (Å²) in [6.45, 7) is 1.24. The molecule has 1 aliphatic rings. The minimum Gasteiger partial charge on any atom is -0.480 e. The Bertz CT molecular complexity index is 160. The van der Waals surface area contributed by atoms with Crippen LogP contribution in [0.2, 0.25) is 0 Å². The third-order valence-electron chi connectivity index (χ3n) is 1.92. The van der Waals surface area contributed by atoms with Crippen LogP contribution in [-0.4, -0.2) is 41.7 Å². The molecular formula is C6H12N2O2. The van der Waals surface area contributed by atoms with E-state index in [1.54, 1.807) is 0 Å². The van der Waals surface area contributed by atoms with E-state index in [0.717, 1.165) is 6.54 Å². The maximum Gasteiger partial charge on any atom is 0.325 e. The van der Waals surface area contributed by atoms with Crippen LogP contribution >= 0.6 is 0 Å². The zero-order valence-corrected chi connectivity index (χ0v) is 6.00. The van der Waals surface area contributed by atoms with Crippen molar-refractivity contribution < 1.29 is 9.90 Å². The van der Waals surface area contributed by atoms with Gasteiger partial charge in [-0.1, -0.05) is 0 Å². The molecule has 4 nitrogen and oxygen atoms in total. The summed E-state index contributed by atoms with van der Waals surface area (Å²) in [5.41, 5.74) is 4.56. The second-order valence-corrected chi connectivity index (χ2v) is 2.95. The van der Waals surface area contributed by atoms with E-state index in [9.17, 15) is 4.79 Å². The lowest BCUT2D eigenvalue weighted by atomic mass is 10.0. The van der Waals surface area contributed by atoms with Crippen LogP contribution in [0.3, 0.4) is 0 Å². The molecule has 0 bridgehead atoms. The van der Waals surface area contributed by atoms with Gasteiger partial charge in [0.1, 0.15) is 5.54 Å². The second kappa shape index (κ2) is 2.21. The first-order valence-corrected chi connectivity index (χ1v) is 3.25. The van der Waals surface area contributed by atoms with Gasteiger partial charge in [0.05, 0.1) is 0 Å². The van der Waals surface area contributed by atoms with Crippen LogP contribution < -0.4 is 5.73 Å². The average Bonchev–Trinajstić information content (AvgIpc) is 2.13. The zero-order valence-electron chi connectivity index (χ0n) is 6.00. The van der Waals surface area contributed by atoms with Crippen LogP contribution in [0.15, 0.2) is 0 Å². The molecule has 1 fully saturated rings. The monoisotopic (exact) mass is 144 g/mol. The maximum atomic E-state index is 10.5. The van der Waals surface area contributed by atoms with E-state index in [1.165, 1.54) is 0 Å². The van der Waals surface area contributed by atoms with Crippen molar-refractivity contribution in [1.29, 1.82) is 0 Å². The minimum atomic E-state index is -0.991. The smallest absolute Gasteiger partial charge is 0.325 e. The highest BCUT2D eigenvalue weighted by Gasteiger charge is 2.39. The molecule has 0 aliphatic carbocycles. The van der Waals surface area contributed by atoms with E-state index >= 15 is 0 Å². The summed E-state index contributed by atoms with van der Waals surface area (Å²) in [7, 11) is 1.87. The summed E-state index contributed by atoms with van der Waals surface area (Å²) in [6, 6.07) is 0. The molecular weight excluding hydrogens is 132 g/mol. The Kier molecular flexibility index (Phi) is 1.66. The third-order valence-corrected chi connectivity index (χ3v) is 1.92. The number of carboxylic acids is 1. The summed E-state index contributed by atoms with van der Waals surface area (Å²) < 4.78 is 0. The fourth-order valence-electron chi connectivity index (χ4n) is 1.20. The number of hydrogen-bond acceptors (Lipinski definition) is 3. The molecule has 1 heterocycles. The number of aliphatic carboxylic acids is 1. The molecule has 0 saturated carbocycles. The van der Waals surface area contributed by atoms with Crippen molar-refractivity contribution in [1.82, 2.24) is 4.90 Å². The highest BCUT2D eigenvalue weighted by atomic mass is 16.4. The first-order chi connectivity index (χ1) is 4.54. The maximum absolute atomic E-state index is 10.5. The van der Waals surface area contributed by atoms with Crippen molar-refractivity contribution in [3.8, 4) is 0 Å². The highest BCUT2D eigenvalue weighted by molar-refractivity contribution is 5.79. The molecule has 0 aromatic carbocycles. The van der Waals surface area contributed by atoms with Crippen LogP contribution in [0.4, 0.5) is 0 Å². The molecule has 0 amide bonds. The van der Waals surface area contributed by atoms with Gasteiger partial charge in [0.15, 0.2) is 0 Å². The Morgan fingerprint density at radius 1 is 1.80 bits per heavy atom. The lowest BCUT2D eigenvalue weighted by Gasteiger charge is -2.16. The lowest BCUT2D eigenvalue weighted by Crippen LogP contribution is -2.49. The predicted octanol–water partition coefficient (Wildman–Crippen LogP) is -0.896. The summed E-state index contributed by atoms with van der Waals surface area (Å²) in [4.78, 5) is 12.4. The SMILES string of the molecule is CN1CCC(N)(C(=O)O)C1. The van der Waals surface area contributed by atoms with Gasteiger partial charge in [-0.3, -0.25) is 4.79 Å². The van der Waals surface area contributed by atoms with Crippen LogP contribution in [0.25, 0.3) is 0 Å². The number of nitrogens with zero attached hydrogens (tertiary/aromatic N) is 1. The average molecular weight is 144 g/mol. The van der Waals surface area contributed by atoms with Gasteiger partial charge in [-0.05, 0) is 13.5 Å². The third kappa shape index (κ3) is 1.12. The molecule has 0 aromatic heterocycles. The number of nitrogens with two attached hydrogens (primary N) is 1. The van der Waals surface area contributed by atoms with Crippen molar-refractivity contribution >= 4 is 5.97 Å². The van der Waals surface area contributed by atoms with Crippen molar-refractivity contribution in [2.45, 2.75) is 12.0 Å². The van der Waals surface area contributed by atoms with Crippen molar-refractivity contribution in [2.24, 2.45) is 5.73 Å².